The minimum absolute atomic E-state index is 0.0611. The molecule has 1 aromatic heterocycles. The quantitative estimate of drug-likeness (QED) is 0.594. The van der Waals surface area contributed by atoms with Crippen molar-refractivity contribution in [3.05, 3.63) is 52.8 Å². The van der Waals surface area contributed by atoms with Crippen molar-refractivity contribution >= 4 is 11.7 Å². The molecule has 2 unspecified atom stereocenters. The number of nitrogens with one attached hydrogen (secondary N) is 1. The normalized spacial score (nSPS) is 13.3. The first-order valence-electron chi connectivity index (χ1n) is 8.37. The van der Waals surface area contributed by atoms with E-state index in [0.717, 1.165) is 5.56 Å². The van der Waals surface area contributed by atoms with Crippen LogP contribution in [0.3, 0.4) is 0 Å². The predicted octanol–water partition coefficient (Wildman–Crippen LogP) is 1.89. The molecule has 2 rings (SSSR count). The fourth-order valence-electron chi connectivity index (χ4n) is 2.99. The molecule has 25 heavy (non-hydrogen) atoms. The molecule has 0 radical (unpaired) electrons. The Balaban J connectivity index is 2.09. The minimum Gasteiger partial charge on any atom is -0.393 e. The van der Waals surface area contributed by atoms with E-state index in [1.165, 1.54) is 0 Å². The molecule has 1 heterocycles. The molecule has 0 saturated carbocycles. The third-order valence-electron chi connectivity index (χ3n) is 4.35. The third-order valence-corrected chi connectivity index (χ3v) is 4.35. The zero-order valence-electron chi connectivity index (χ0n) is 15.1. The molecule has 2 atom stereocenters. The van der Waals surface area contributed by atoms with Gasteiger partial charge in [-0.2, -0.15) is 5.10 Å². The molecule has 0 saturated heterocycles. The van der Waals surface area contributed by atoms with Crippen LogP contribution in [0, 0.1) is 13.8 Å². The maximum absolute atomic E-state index is 12.5. The molecule has 2 N–H and O–H groups in total. The highest BCUT2D eigenvalue weighted by atomic mass is 16.3. The molecule has 6 heteroatoms. The van der Waals surface area contributed by atoms with Crippen molar-refractivity contribution in [2.24, 2.45) is 7.05 Å². The number of Topliss-reactive ketones (excluding diaryl/α,β-unsaturated/α-hetero) is 1. The summed E-state index contributed by atoms with van der Waals surface area (Å²) >= 11 is 0. The molecule has 6 nitrogen and oxygen atoms in total. The van der Waals surface area contributed by atoms with Gasteiger partial charge in [0.2, 0.25) is 0 Å². The van der Waals surface area contributed by atoms with Crippen molar-refractivity contribution < 1.29 is 14.7 Å². The number of aromatic nitrogens is 2. The molecule has 0 aliphatic carbocycles. The van der Waals surface area contributed by atoms with E-state index >= 15 is 0 Å². The van der Waals surface area contributed by atoms with Crippen LogP contribution in [0.4, 0.5) is 0 Å². The standard InChI is InChI=1S/C19H25N3O3/c1-12(23)10-16(15-8-6-5-7-9-15)11-20-19(25)18(24)17-13(2)21-22(4)14(17)3/h5-9,12,16,23H,10-11H2,1-4H3,(H,20,25). The van der Waals surface area contributed by atoms with Crippen LogP contribution in [0.2, 0.25) is 0 Å². The predicted molar refractivity (Wildman–Crippen MR) is 95.5 cm³/mol. The number of rotatable bonds is 7. The molecule has 134 valence electrons. The van der Waals surface area contributed by atoms with Gasteiger partial charge in [0.05, 0.1) is 17.4 Å². The Labute approximate surface area is 147 Å². The second-order valence-corrected chi connectivity index (χ2v) is 6.40. The van der Waals surface area contributed by atoms with E-state index in [1.807, 2.05) is 30.3 Å². The molecule has 2 aromatic rings. The van der Waals surface area contributed by atoms with E-state index < -0.39 is 17.8 Å². The number of benzene rings is 1. The summed E-state index contributed by atoms with van der Waals surface area (Å²) in [6.45, 7) is 5.48. The summed E-state index contributed by atoms with van der Waals surface area (Å²) in [6, 6.07) is 9.66. The maximum Gasteiger partial charge on any atom is 0.292 e. The highest BCUT2D eigenvalue weighted by Gasteiger charge is 2.25. The van der Waals surface area contributed by atoms with Crippen LogP contribution >= 0.6 is 0 Å². The Bertz CT molecular complexity index is 751. The number of carbonyl (C=O) groups excluding carboxylic acids is 2. The lowest BCUT2D eigenvalue weighted by Gasteiger charge is -2.19. The van der Waals surface area contributed by atoms with Crippen LogP contribution < -0.4 is 5.32 Å². The molecule has 0 bridgehead atoms. The zero-order chi connectivity index (χ0) is 18.6. The van der Waals surface area contributed by atoms with Gasteiger partial charge < -0.3 is 10.4 Å². The van der Waals surface area contributed by atoms with Crippen molar-refractivity contribution in [1.29, 1.82) is 0 Å². The number of aryl methyl sites for hydroxylation is 2. The first-order valence-corrected chi connectivity index (χ1v) is 8.37. The third kappa shape index (κ3) is 4.54. The fraction of sp³-hybridized carbons (Fsp3) is 0.421. The van der Waals surface area contributed by atoms with Gasteiger partial charge in [-0.05, 0) is 32.8 Å². The number of ketones is 1. The topological polar surface area (TPSA) is 84.2 Å². The van der Waals surface area contributed by atoms with Gasteiger partial charge in [0.1, 0.15) is 0 Å². The smallest absolute Gasteiger partial charge is 0.292 e. The Morgan fingerprint density at radius 2 is 1.88 bits per heavy atom. The number of nitrogens with zero attached hydrogens (tertiary/aromatic N) is 2. The zero-order valence-corrected chi connectivity index (χ0v) is 15.1. The van der Waals surface area contributed by atoms with Gasteiger partial charge in [0.15, 0.2) is 0 Å². The Kier molecular flexibility index (Phi) is 6.09. The van der Waals surface area contributed by atoms with Crippen molar-refractivity contribution in [2.75, 3.05) is 6.54 Å². The van der Waals surface area contributed by atoms with Gasteiger partial charge in [0.25, 0.3) is 11.7 Å². The Morgan fingerprint density at radius 3 is 2.40 bits per heavy atom. The van der Waals surface area contributed by atoms with Crippen LogP contribution in [0.15, 0.2) is 30.3 Å². The summed E-state index contributed by atoms with van der Waals surface area (Å²) in [4.78, 5) is 24.8. The average molecular weight is 343 g/mol. The van der Waals surface area contributed by atoms with Gasteiger partial charge in [-0.15, -0.1) is 0 Å². The summed E-state index contributed by atoms with van der Waals surface area (Å²) < 4.78 is 1.59. The Morgan fingerprint density at radius 1 is 1.24 bits per heavy atom. The van der Waals surface area contributed by atoms with Gasteiger partial charge in [0, 0.05) is 25.2 Å². The number of amides is 1. The maximum atomic E-state index is 12.5. The van der Waals surface area contributed by atoms with Gasteiger partial charge in [-0.1, -0.05) is 30.3 Å². The highest BCUT2D eigenvalue weighted by Crippen LogP contribution is 2.20. The summed E-state index contributed by atoms with van der Waals surface area (Å²) in [7, 11) is 1.74. The van der Waals surface area contributed by atoms with Crippen molar-refractivity contribution in [1.82, 2.24) is 15.1 Å². The first kappa shape index (κ1) is 18.9. The van der Waals surface area contributed by atoms with E-state index in [4.69, 9.17) is 0 Å². The number of carbonyl (C=O) groups is 2. The largest absolute Gasteiger partial charge is 0.393 e. The molecule has 0 spiro atoms. The number of hydrogen-bond donors (Lipinski definition) is 2. The number of hydrogen-bond acceptors (Lipinski definition) is 4. The molecule has 1 aromatic carbocycles. The monoisotopic (exact) mass is 343 g/mol. The first-order chi connectivity index (χ1) is 11.8. The van der Waals surface area contributed by atoms with Crippen LogP contribution in [-0.4, -0.2) is 39.2 Å². The van der Waals surface area contributed by atoms with E-state index in [9.17, 15) is 14.7 Å². The van der Waals surface area contributed by atoms with E-state index in [-0.39, 0.29) is 12.5 Å². The van der Waals surface area contributed by atoms with E-state index in [1.54, 1.807) is 32.5 Å². The van der Waals surface area contributed by atoms with Gasteiger partial charge >= 0.3 is 0 Å². The van der Waals surface area contributed by atoms with E-state index in [2.05, 4.69) is 10.4 Å². The molecule has 0 aliphatic heterocycles. The minimum atomic E-state index is -0.647. The van der Waals surface area contributed by atoms with Gasteiger partial charge in [-0.3, -0.25) is 14.3 Å². The second kappa shape index (κ2) is 8.07. The van der Waals surface area contributed by atoms with Crippen LogP contribution in [0.25, 0.3) is 0 Å². The number of aliphatic hydroxyl groups excluding tert-OH is 1. The van der Waals surface area contributed by atoms with E-state index in [0.29, 0.717) is 23.4 Å². The molecule has 1 amide bonds. The lowest BCUT2D eigenvalue weighted by Crippen LogP contribution is -2.35. The van der Waals surface area contributed by atoms with Crippen molar-refractivity contribution in [3.63, 3.8) is 0 Å². The average Bonchev–Trinajstić information content (AvgIpc) is 2.83. The highest BCUT2D eigenvalue weighted by molar-refractivity contribution is 6.43. The van der Waals surface area contributed by atoms with Crippen LogP contribution in [0.5, 0.6) is 0 Å². The summed E-state index contributed by atoms with van der Waals surface area (Å²) in [5.41, 5.74) is 2.58. The summed E-state index contributed by atoms with van der Waals surface area (Å²) in [6.07, 6.45) is 0.00398. The second-order valence-electron chi connectivity index (χ2n) is 6.40. The molecular weight excluding hydrogens is 318 g/mol. The van der Waals surface area contributed by atoms with Crippen molar-refractivity contribution in [3.8, 4) is 0 Å². The summed E-state index contributed by atoms with van der Waals surface area (Å²) in [5, 5.41) is 16.6. The fourth-order valence-corrected chi connectivity index (χ4v) is 2.99. The lowest BCUT2D eigenvalue weighted by molar-refractivity contribution is -0.117. The summed E-state index contributed by atoms with van der Waals surface area (Å²) in [5.74, 6) is -1.29. The lowest BCUT2D eigenvalue weighted by atomic mass is 9.93. The molecule has 0 fully saturated rings. The molecule has 0 aliphatic rings. The van der Waals surface area contributed by atoms with Crippen LogP contribution in [0.1, 0.15) is 46.6 Å². The number of aliphatic hydroxyl groups is 1. The van der Waals surface area contributed by atoms with Crippen molar-refractivity contribution in [2.45, 2.75) is 39.2 Å². The SMILES string of the molecule is Cc1nn(C)c(C)c1C(=O)C(=O)NCC(CC(C)O)c1ccccc1. The van der Waals surface area contributed by atoms with Crippen LogP contribution in [-0.2, 0) is 11.8 Å². The Hall–Kier alpha value is -2.47. The molecular formula is C19H25N3O3. The van der Waals surface area contributed by atoms with Gasteiger partial charge in [-0.25, -0.2) is 0 Å².